The van der Waals surface area contributed by atoms with E-state index in [0.717, 1.165) is 6.07 Å². The lowest BCUT2D eigenvalue weighted by atomic mass is 10.1. The number of alkyl halides is 3. The van der Waals surface area contributed by atoms with Crippen molar-refractivity contribution in [2.24, 2.45) is 5.73 Å². The number of primary amides is 1. The van der Waals surface area contributed by atoms with E-state index in [2.05, 4.69) is 4.98 Å². The Morgan fingerprint density at radius 3 is 2.39 bits per heavy atom. The topological polar surface area (TPSA) is 56.0 Å². The van der Waals surface area contributed by atoms with Gasteiger partial charge in [0.1, 0.15) is 0 Å². The number of rotatable bonds is 1. The van der Waals surface area contributed by atoms with Crippen molar-refractivity contribution in [1.82, 2.24) is 4.98 Å². The van der Waals surface area contributed by atoms with Gasteiger partial charge in [0.05, 0.1) is 11.1 Å². The summed E-state index contributed by atoms with van der Waals surface area (Å²) in [6.45, 7) is 0. The molecule has 0 spiro atoms. The summed E-state index contributed by atoms with van der Waals surface area (Å²) < 4.78 is 38.0. The molecule has 0 radical (unpaired) electrons. The van der Waals surface area contributed by atoms with Crippen molar-refractivity contribution in [3.8, 4) is 0 Å². The van der Waals surface area contributed by atoms with Crippen molar-refractivity contribution in [3.63, 3.8) is 0 Å². The standard InChI is InChI=1S/C11H7F3N2O.ClH/c12-11(13,14)9-7(10(15)17)5-6-3-1-2-4-8(6)16-9;/h1-5H,(H2,15,17);1H. The third-order valence-electron chi connectivity index (χ3n) is 2.26. The zero-order valence-electron chi connectivity index (χ0n) is 8.86. The van der Waals surface area contributed by atoms with Crippen LogP contribution < -0.4 is 5.73 Å². The van der Waals surface area contributed by atoms with Gasteiger partial charge >= 0.3 is 6.18 Å². The maximum Gasteiger partial charge on any atom is 0.434 e. The summed E-state index contributed by atoms with van der Waals surface area (Å²) in [7, 11) is 0. The van der Waals surface area contributed by atoms with Crippen LogP contribution in [-0.2, 0) is 6.18 Å². The molecular weight excluding hydrogens is 269 g/mol. The van der Waals surface area contributed by atoms with Crippen LogP contribution in [0.1, 0.15) is 16.1 Å². The molecule has 1 aromatic heterocycles. The molecule has 0 fully saturated rings. The molecule has 1 amide bonds. The summed E-state index contributed by atoms with van der Waals surface area (Å²) in [6.07, 6.45) is -4.70. The lowest BCUT2D eigenvalue weighted by Crippen LogP contribution is -2.20. The van der Waals surface area contributed by atoms with Crippen LogP contribution in [0, 0.1) is 0 Å². The second kappa shape index (κ2) is 4.81. The van der Waals surface area contributed by atoms with Gasteiger partial charge in [-0.1, -0.05) is 18.2 Å². The first-order chi connectivity index (χ1) is 7.89. The molecular formula is C11H8ClF3N2O. The molecule has 96 valence electrons. The highest BCUT2D eigenvalue weighted by atomic mass is 35.5. The van der Waals surface area contributed by atoms with Crippen LogP contribution in [0.5, 0.6) is 0 Å². The fourth-order valence-corrected chi connectivity index (χ4v) is 1.52. The minimum atomic E-state index is -4.70. The molecule has 1 heterocycles. The number of carbonyl (C=O) groups excluding carboxylic acids is 1. The van der Waals surface area contributed by atoms with Crippen LogP contribution in [0.2, 0.25) is 0 Å². The van der Waals surface area contributed by atoms with Gasteiger partial charge in [-0.25, -0.2) is 4.98 Å². The van der Waals surface area contributed by atoms with E-state index in [4.69, 9.17) is 5.73 Å². The number of hydrogen-bond donors (Lipinski definition) is 1. The van der Waals surface area contributed by atoms with Crippen LogP contribution >= 0.6 is 12.4 Å². The molecule has 0 saturated heterocycles. The van der Waals surface area contributed by atoms with E-state index in [1.807, 2.05) is 0 Å². The van der Waals surface area contributed by atoms with Crippen molar-refractivity contribution in [2.75, 3.05) is 0 Å². The second-order valence-electron chi connectivity index (χ2n) is 3.44. The van der Waals surface area contributed by atoms with Gasteiger partial charge in [-0.2, -0.15) is 13.2 Å². The van der Waals surface area contributed by atoms with E-state index < -0.39 is 23.3 Å². The summed E-state index contributed by atoms with van der Waals surface area (Å²) in [5, 5.41) is 0.439. The Morgan fingerprint density at radius 1 is 1.22 bits per heavy atom. The van der Waals surface area contributed by atoms with Crippen LogP contribution in [-0.4, -0.2) is 10.9 Å². The minimum absolute atomic E-state index is 0. The van der Waals surface area contributed by atoms with Crippen molar-refractivity contribution in [2.45, 2.75) is 6.18 Å². The fourth-order valence-electron chi connectivity index (χ4n) is 1.52. The number of halogens is 4. The normalized spacial score (nSPS) is 11.1. The molecule has 0 unspecified atom stereocenters. The number of nitrogens with zero attached hydrogens (tertiary/aromatic N) is 1. The number of amides is 1. The third-order valence-corrected chi connectivity index (χ3v) is 2.26. The van der Waals surface area contributed by atoms with Crippen molar-refractivity contribution >= 4 is 29.2 Å². The number of pyridine rings is 1. The summed E-state index contributed by atoms with van der Waals surface area (Å²) in [6, 6.07) is 7.32. The van der Waals surface area contributed by atoms with Gasteiger partial charge in [0.2, 0.25) is 0 Å². The molecule has 0 atom stereocenters. The molecule has 0 aliphatic rings. The molecule has 2 rings (SSSR count). The first-order valence-electron chi connectivity index (χ1n) is 4.66. The van der Waals surface area contributed by atoms with E-state index >= 15 is 0 Å². The van der Waals surface area contributed by atoms with E-state index in [1.54, 1.807) is 18.2 Å². The Hall–Kier alpha value is -1.82. The summed E-state index contributed by atoms with van der Waals surface area (Å²) in [5.74, 6) is -1.14. The highest BCUT2D eigenvalue weighted by molar-refractivity contribution is 5.97. The Kier molecular flexibility index (Phi) is 3.81. The first kappa shape index (κ1) is 14.2. The number of aromatic nitrogens is 1. The smallest absolute Gasteiger partial charge is 0.366 e. The monoisotopic (exact) mass is 276 g/mol. The Morgan fingerprint density at radius 2 is 1.83 bits per heavy atom. The van der Waals surface area contributed by atoms with Gasteiger partial charge in [0, 0.05) is 5.39 Å². The molecule has 0 aliphatic heterocycles. The molecule has 2 aromatic rings. The lowest BCUT2D eigenvalue weighted by molar-refractivity contribution is -0.141. The van der Waals surface area contributed by atoms with Crippen molar-refractivity contribution in [3.05, 3.63) is 41.6 Å². The summed E-state index contributed by atoms with van der Waals surface area (Å²) >= 11 is 0. The van der Waals surface area contributed by atoms with Gasteiger partial charge in [0.25, 0.3) is 5.91 Å². The molecule has 3 nitrogen and oxygen atoms in total. The maximum atomic E-state index is 12.7. The van der Waals surface area contributed by atoms with Crippen molar-refractivity contribution in [1.29, 1.82) is 0 Å². The van der Waals surface area contributed by atoms with Gasteiger partial charge in [-0.15, -0.1) is 12.4 Å². The number of para-hydroxylation sites is 1. The first-order valence-corrected chi connectivity index (χ1v) is 4.66. The van der Waals surface area contributed by atoms with Gasteiger partial charge in [0.15, 0.2) is 5.69 Å². The molecule has 1 aromatic carbocycles. The van der Waals surface area contributed by atoms with Gasteiger partial charge in [-0.3, -0.25) is 4.79 Å². The van der Waals surface area contributed by atoms with Crippen molar-refractivity contribution < 1.29 is 18.0 Å². The molecule has 18 heavy (non-hydrogen) atoms. The summed E-state index contributed by atoms with van der Waals surface area (Å²) in [4.78, 5) is 14.4. The average molecular weight is 277 g/mol. The lowest BCUT2D eigenvalue weighted by Gasteiger charge is -2.10. The number of carbonyl (C=O) groups is 1. The van der Waals surface area contributed by atoms with E-state index in [1.165, 1.54) is 6.07 Å². The minimum Gasteiger partial charge on any atom is -0.366 e. The van der Waals surface area contributed by atoms with E-state index in [9.17, 15) is 18.0 Å². The van der Waals surface area contributed by atoms with Gasteiger partial charge < -0.3 is 5.73 Å². The predicted octanol–water partition coefficient (Wildman–Crippen LogP) is 2.77. The van der Waals surface area contributed by atoms with Gasteiger partial charge in [-0.05, 0) is 12.1 Å². The number of hydrogen-bond acceptors (Lipinski definition) is 2. The summed E-state index contributed by atoms with van der Waals surface area (Å²) in [5.41, 5.74) is 3.23. The fraction of sp³-hybridized carbons (Fsp3) is 0.0909. The van der Waals surface area contributed by atoms with Crippen LogP contribution in [0.3, 0.4) is 0 Å². The molecule has 0 aliphatic carbocycles. The molecule has 0 bridgehead atoms. The van der Waals surface area contributed by atoms with E-state index in [0.29, 0.717) is 5.39 Å². The Balaban J connectivity index is 0.00000162. The third kappa shape index (κ3) is 2.53. The van der Waals surface area contributed by atoms with E-state index in [-0.39, 0.29) is 17.9 Å². The Bertz CT molecular complexity index is 598. The van der Waals surface area contributed by atoms with Crippen LogP contribution in [0.4, 0.5) is 13.2 Å². The zero-order chi connectivity index (χ0) is 12.6. The SMILES string of the molecule is Cl.NC(=O)c1cc2ccccc2nc1C(F)(F)F. The largest absolute Gasteiger partial charge is 0.434 e. The second-order valence-corrected chi connectivity index (χ2v) is 3.44. The Labute approximate surface area is 106 Å². The zero-order valence-corrected chi connectivity index (χ0v) is 9.68. The number of benzene rings is 1. The van der Waals surface area contributed by atoms with Crippen LogP contribution in [0.25, 0.3) is 10.9 Å². The average Bonchev–Trinajstić information content (AvgIpc) is 2.26. The molecule has 7 heteroatoms. The highest BCUT2D eigenvalue weighted by Crippen LogP contribution is 2.32. The van der Waals surface area contributed by atoms with Crippen LogP contribution in [0.15, 0.2) is 30.3 Å². The quantitative estimate of drug-likeness (QED) is 0.871. The predicted molar refractivity (Wildman–Crippen MR) is 62.5 cm³/mol. The highest BCUT2D eigenvalue weighted by Gasteiger charge is 2.37. The molecule has 0 saturated carbocycles. The number of fused-ring (bicyclic) bond motifs is 1. The maximum absolute atomic E-state index is 12.7. The molecule has 2 N–H and O–H groups in total. The number of nitrogens with two attached hydrogens (primary N) is 1.